The summed E-state index contributed by atoms with van der Waals surface area (Å²) in [5, 5.41) is 3.53. The van der Waals surface area contributed by atoms with Crippen LogP contribution in [0.2, 0.25) is 0 Å². The number of hydrogen-bond acceptors (Lipinski definition) is 4. The number of piperidine rings is 1. The van der Waals surface area contributed by atoms with E-state index in [4.69, 9.17) is 5.73 Å². The number of benzene rings is 1. The predicted molar refractivity (Wildman–Crippen MR) is 139 cm³/mol. The molecule has 0 spiro atoms. The quantitative estimate of drug-likeness (QED) is 0.250. The Labute approximate surface area is 204 Å². The Morgan fingerprint density at radius 1 is 1.19 bits per heavy atom. The van der Waals surface area contributed by atoms with Crippen LogP contribution >= 0.6 is 24.0 Å². The number of aryl methyl sites for hydroxylation is 1. The van der Waals surface area contributed by atoms with E-state index in [1.54, 1.807) is 0 Å². The summed E-state index contributed by atoms with van der Waals surface area (Å²) >= 11 is 0. The highest BCUT2D eigenvalue weighted by Crippen LogP contribution is 2.23. The maximum Gasteiger partial charge on any atom is 0.221 e. The number of aliphatic imine (C=N–C) groups is 1. The SMILES string of the molecule is CN=C(NCCCN1CCCC(C(N)=O)C1)N1CCN(c2cccc(C)c2C)CC1.I. The molecule has 0 radical (unpaired) electrons. The van der Waals surface area contributed by atoms with Crippen molar-refractivity contribution in [2.75, 3.05) is 64.3 Å². The van der Waals surface area contributed by atoms with Crippen LogP contribution in [0.15, 0.2) is 23.2 Å². The zero-order valence-corrected chi connectivity index (χ0v) is 21.6. The smallest absolute Gasteiger partial charge is 0.221 e. The Bertz CT molecular complexity index is 748. The van der Waals surface area contributed by atoms with Crippen molar-refractivity contribution in [2.45, 2.75) is 33.1 Å². The second-order valence-corrected chi connectivity index (χ2v) is 8.56. The van der Waals surface area contributed by atoms with E-state index in [0.29, 0.717) is 0 Å². The van der Waals surface area contributed by atoms with Crippen LogP contribution in [0.4, 0.5) is 5.69 Å². The lowest BCUT2D eigenvalue weighted by Gasteiger charge is -2.38. The van der Waals surface area contributed by atoms with E-state index in [9.17, 15) is 4.79 Å². The number of nitrogens with zero attached hydrogens (tertiary/aromatic N) is 4. The van der Waals surface area contributed by atoms with E-state index in [1.165, 1.54) is 16.8 Å². The van der Waals surface area contributed by atoms with Crippen LogP contribution < -0.4 is 16.0 Å². The van der Waals surface area contributed by atoms with Gasteiger partial charge in [-0.05, 0) is 63.4 Å². The summed E-state index contributed by atoms with van der Waals surface area (Å²) in [7, 11) is 1.86. The van der Waals surface area contributed by atoms with E-state index in [-0.39, 0.29) is 35.8 Å². The zero-order valence-electron chi connectivity index (χ0n) is 19.3. The molecule has 7 nitrogen and oxygen atoms in total. The Balaban J connectivity index is 0.00000341. The van der Waals surface area contributed by atoms with Gasteiger partial charge in [-0.25, -0.2) is 0 Å². The van der Waals surface area contributed by atoms with Gasteiger partial charge in [0.15, 0.2) is 5.96 Å². The second-order valence-electron chi connectivity index (χ2n) is 8.56. The summed E-state index contributed by atoms with van der Waals surface area (Å²) in [6, 6.07) is 6.56. The third kappa shape index (κ3) is 6.97. The third-order valence-electron chi connectivity index (χ3n) is 6.55. The number of guanidine groups is 1. The fourth-order valence-electron chi connectivity index (χ4n) is 4.56. The number of nitrogens with two attached hydrogens (primary N) is 1. The van der Waals surface area contributed by atoms with Gasteiger partial charge in [0.2, 0.25) is 5.91 Å². The van der Waals surface area contributed by atoms with Gasteiger partial charge in [-0.3, -0.25) is 9.79 Å². The molecule has 2 aliphatic heterocycles. The maximum absolute atomic E-state index is 11.4. The molecule has 1 aromatic carbocycles. The zero-order chi connectivity index (χ0) is 21.5. The first-order chi connectivity index (χ1) is 14.5. The number of hydrogen-bond donors (Lipinski definition) is 2. The van der Waals surface area contributed by atoms with Gasteiger partial charge in [0.05, 0.1) is 5.92 Å². The monoisotopic (exact) mass is 542 g/mol. The van der Waals surface area contributed by atoms with Crippen LogP contribution in [-0.2, 0) is 4.79 Å². The lowest BCUT2D eigenvalue weighted by atomic mass is 9.97. The van der Waals surface area contributed by atoms with Gasteiger partial charge in [0.25, 0.3) is 0 Å². The molecule has 2 aliphatic rings. The number of likely N-dealkylation sites (tertiary alicyclic amines) is 1. The molecule has 31 heavy (non-hydrogen) atoms. The van der Waals surface area contributed by atoms with Gasteiger partial charge >= 0.3 is 0 Å². The molecule has 2 saturated heterocycles. The molecule has 0 bridgehead atoms. The number of halogens is 1. The highest BCUT2D eigenvalue weighted by atomic mass is 127. The number of carbonyl (C=O) groups is 1. The molecule has 1 amide bonds. The Morgan fingerprint density at radius 3 is 2.61 bits per heavy atom. The minimum Gasteiger partial charge on any atom is -0.369 e. The van der Waals surface area contributed by atoms with Crippen molar-refractivity contribution < 1.29 is 4.79 Å². The third-order valence-corrected chi connectivity index (χ3v) is 6.55. The lowest BCUT2D eigenvalue weighted by molar-refractivity contribution is -0.123. The van der Waals surface area contributed by atoms with Crippen molar-refractivity contribution >= 4 is 41.5 Å². The Kier molecular flexibility index (Phi) is 10.3. The van der Waals surface area contributed by atoms with Crippen molar-refractivity contribution in [2.24, 2.45) is 16.6 Å². The van der Waals surface area contributed by atoms with Crippen LogP contribution in [0.25, 0.3) is 0 Å². The van der Waals surface area contributed by atoms with E-state index in [0.717, 1.165) is 77.6 Å². The molecule has 0 saturated carbocycles. The summed E-state index contributed by atoms with van der Waals surface area (Å²) in [5.74, 6) is 0.857. The van der Waals surface area contributed by atoms with Gasteiger partial charge in [0, 0.05) is 52.0 Å². The highest BCUT2D eigenvalue weighted by Gasteiger charge is 2.24. The summed E-state index contributed by atoms with van der Waals surface area (Å²) in [5.41, 5.74) is 9.57. The molecule has 2 heterocycles. The number of amides is 1. The van der Waals surface area contributed by atoms with Crippen LogP contribution in [0.3, 0.4) is 0 Å². The number of piperazine rings is 1. The van der Waals surface area contributed by atoms with E-state index in [1.807, 2.05) is 7.05 Å². The van der Waals surface area contributed by atoms with Gasteiger partial charge in [-0.15, -0.1) is 24.0 Å². The Morgan fingerprint density at radius 2 is 1.94 bits per heavy atom. The topological polar surface area (TPSA) is 77.2 Å². The van der Waals surface area contributed by atoms with Crippen molar-refractivity contribution in [3.05, 3.63) is 29.3 Å². The second kappa shape index (κ2) is 12.5. The fraction of sp³-hybridized carbons (Fsp3) is 0.652. The van der Waals surface area contributed by atoms with Gasteiger partial charge < -0.3 is 25.8 Å². The minimum absolute atomic E-state index is 0. The first-order valence-electron chi connectivity index (χ1n) is 11.3. The molecule has 3 N–H and O–H groups in total. The lowest BCUT2D eigenvalue weighted by Crippen LogP contribution is -2.53. The average Bonchev–Trinajstić information content (AvgIpc) is 2.76. The number of nitrogens with one attached hydrogen (secondary N) is 1. The molecule has 8 heteroatoms. The van der Waals surface area contributed by atoms with E-state index < -0.39 is 0 Å². The largest absolute Gasteiger partial charge is 0.369 e. The molecule has 2 fully saturated rings. The van der Waals surface area contributed by atoms with Gasteiger partial charge in [-0.2, -0.15) is 0 Å². The molecule has 174 valence electrons. The fourth-order valence-corrected chi connectivity index (χ4v) is 4.56. The van der Waals surface area contributed by atoms with E-state index in [2.05, 4.69) is 57.1 Å². The van der Waals surface area contributed by atoms with E-state index >= 15 is 0 Å². The average molecular weight is 543 g/mol. The number of carbonyl (C=O) groups excluding carboxylic acids is 1. The van der Waals surface area contributed by atoms with Crippen LogP contribution in [-0.4, -0.2) is 81.1 Å². The highest BCUT2D eigenvalue weighted by molar-refractivity contribution is 14.0. The molecule has 3 rings (SSSR count). The standard InChI is InChI=1S/C23H38N6O.HI/c1-18-7-4-9-21(19(18)2)28-13-15-29(16-14-28)23(25-3)26-10-6-12-27-11-5-8-20(17-27)22(24)30;/h4,7,9,20H,5-6,8,10-17H2,1-3H3,(H2,24,30)(H,25,26);1H. The molecule has 1 unspecified atom stereocenters. The van der Waals surface area contributed by atoms with Crippen molar-refractivity contribution in [3.63, 3.8) is 0 Å². The summed E-state index contributed by atoms with van der Waals surface area (Å²) in [6.07, 6.45) is 3.03. The molecule has 1 atom stereocenters. The number of primary amides is 1. The van der Waals surface area contributed by atoms with Crippen molar-refractivity contribution in [1.29, 1.82) is 0 Å². The summed E-state index contributed by atoms with van der Waals surface area (Å²) in [6.45, 7) is 12.1. The molecular weight excluding hydrogens is 503 g/mol. The summed E-state index contributed by atoms with van der Waals surface area (Å²) in [4.78, 5) is 23.1. The van der Waals surface area contributed by atoms with Gasteiger partial charge in [0.1, 0.15) is 0 Å². The molecular formula is C23H39IN6O. The summed E-state index contributed by atoms with van der Waals surface area (Å²) < 4.78 is 0. The predicted octanol–water partition coefficient (Wildman–Crippen LogP) is 2.21. The molecule has 1 aromatic rings. The minimum atomic E-state index is -0.154. The first kappa shape index (κ1) is 25.7. The van der Waals surface area contributed by atoms with Gasteiger partial charge in [-0.1, -0.05) is 12.1 Å². The van der Waals surface area contributed by atoms with Crippen LogP contribution in [0.1, 0.15) is 30.4 Å². The number of rotatable bonds is 6. The van der Waals surface area contributed by atoms with Crippen LogP contribution in [0.5, 0.6) is 0 Å². The molecule has 0 aliphatic carbocycles. The van der Waals surface area contributed by atoms with Crippen molar-refractivity contribution in [3.8, 4) is 0 Å². The molecule has 0 aromatic heterocycles. The maximum atomic E-state index is 11.4. The van der Waals surface area contributed by atoms with Crippen LogP contribution in [0, 0.1) is 19.8 Å². The normalized spacial score (nSPS) is 20.4. The number of anilines is 1. The Hall–Kier alpha value is -1.55. The van der Waals surface area contributed by atoms with Crippen molar-refractivity contribution in [1.82, 2.24) is 15.1 Å². The first-order valence-corrected chi connectivity index (χ1v) is 11.3.